The van der Waals surface area contributed by atoms with E-state index in [1.807, 2.05) is 6.07 Å². The van der Waals surface area contributed by atoms with Crippen LogP contribution in [0.3, 0.4) is 0 Å². The number of halogens is 3. The van der Waals surface area contributed by atoms with Gasteiger partial charge in [0.2, 0.25) is 5.91 Å². The third-order valence-electron chi connectivity index (χ3n) is 5.01. The van der Waals surface area contributed by atoms with E-state index >= 15 is 0 Å². The van der Waals surface area contributed by atoms with Crippen LogP contribution in [-0.2, 0) is 17.5 Å². The van der Waals surface area contributed by atoms with Gasteiger partial charge in [0.1, 0.15) is 5.82 Å². The summed E-state index contributed by atoms with van der Waals surface area (Å²) in [6.07, 6.45) is -0.885. The number of nitrogens with one attached hydrogen (secondary N) is 1. The van der Waals surface area contributed by atoms with Crippen molar-refractivity contribution in [3.63, 3.8) is 0 Å². The number of carbonyl (C=O) groups is 1. The molecule has 9 heteroatoms. The maximum atomic E-state index is 13.0. The van der Waals surface area contributed by atoms with Crippen molar-refractivity contribution in [2.75, 3.05) is 25.1 Å². The predicted octanol–water partition coefficient (Wildman–Crippen LogP) is 3.43. The van der Waals surface area contributed by atoms with Crippen molar-refractivity contribution >= 4 is 11.7 Å². The number of methoxy groups -OCH3 is 1. The number of rotatable bonds is 6. The average molecular weight is 408 g/mol. The standard InChI is InChI=1S/C20H23F3N4O2/c1-29-19-24-9-6-17(26-19)27-10-7-14(8-11-27)12-18(28)25-13-15-4-2-3-5-16(15)20(21,22)23/h2-6,9,14H,7-8,10-13H2,1H3,(H,25,28). The Kier molecular flexibility index (Phi) is 6.56. The van der Waals surface area contributed by atoms with E-state index in [4.69, 9.17) is 4.74 Å². The fraction of sp³-hybridized carbons (Fsp3) is 0.450. The van der Waals surface area contributed by atoms with E-state index in [2.05, 4.69) is 20.2 Å². The summed E-state index contributed by atoms with van der Waals surface area (Å²) in [4.78, 5) is 22.7. The normalized spacial score (nSPS) is 15.2. The number of carbonyl (C=O) groups excluding carboxylic acids is 1. The first kappa shape index (κ1) is 20.9. The Morgan fingerprint density at radius 3 is 2.66 bits per heavy atom. The molecule has 1 aromatic heterocycles. The van der Waals surface area contributed by atoms with Crippen molar-refractivity contribution in [3.05, 3.63) is 47.7 Å². The lowest BCUT2D eigenvalue weighted by Gasteiger charge is -2.32. The van der Waals surface area contributed by atoms with Crippen molar-refractivity contribution in [3.8, 4) is 6.01 Å². The zero-order chi connectivity index (χ0) is 20.9. The monoisotopic (exact) mass is 408 g/mol. The average Bonchev–Trinajstić information content (AvgIpc) is 2.72. The SMILES string of the molecule is COc1nccc(N2CCC(CC(=O)NCc3ccccc3C(F)(F)F)CC2)n1. The van der Waals surface area contributed by atoms with Crippen molar-refractivity contribution in [1.82, 2.24) is 15.3 Å². The van der Waals surface area contributed by atoms with Gasteiger partial charge in [0, 0.05) is 32.3 Å². The van der Waals surface area contributed by atoms with Gasteiger partial charge in [0.25, 0.3) is 0 Å². The molecule has 1 N–H and O–H groups in total. The summed E-state index contributed by atoms with van der Waals surface area (Å²) in [7, 11) is 1.51. The van der Waals surface area contributed by atoms with Crippen LogP contribution in [0.4, 0.5) is 19.0 Å². The minimum absolute atomic E-state index is 0.0703. The number of alkyl halides is 3. The van der Waals surface area contributed by atoms with Gasteiger partial charge >= 0.3 is 12.2 Å². The molecule has 0 aliphatic carbocycles. The zero-order valence-corrected chi connectivity index (χ0v) is 16.1. The Hall–Kier alpha value is -2.84. The Morgan fingerprint density at radius 1 is 1.24 bits per heavy atom. The Morgan fingerprint density at radius 2 is 1.97 bits per heavy atom. The molecule has 0 saturated carbocycles. The first-order chi connectivity index (χ1) is 13.9. The largest absolute Gasteiger partial charge is 0.467 e. The molecule has 1 aliphatic heterocycles. The lowest BCUT2D eigenvalue weighted by Crippen LogP contribution is -2.36. The molecule has 3 rings (SSSR count). The second-order valence-corrected chi connectivity index (χ2v) is 6.97. The summed E-state index contributed by atoms with van der Waals surface area (Å²) in [5.74, 6) is 0.737. The number of nitrogens with zero attached hydrogens (tertiary/aromatic N) is 3. The Labute approximate surface area is 167 Å². The van der Waals surface area contributed by atoms with Gasteiger partial charge in [0.15, 0.2) is 0 Å². The quantitative estimate of drug-likeness (QED) is 0.793. The highest BCUT2D eigenvalue weighted by Crippen LogP contribution is 2.32. The molecule has 2 aromatic rings. The van der Waals surface area contributed by atoms with Crippen molar-refractivity contribution in [2.45, 2.75) is 32.0 Å². The molecule has 1 amide bonds. The third-order valence-corrected chi connectivity index (χ3v) is 5.01. The van der Waals surface area contributed by atoms with E-state index in [9.17, 15) is 18.0 Å². The van der Waals surface area contributed by atoms with Crippen LogP contribution < -0.4 is 15.0 Å². The minimum Gasteiger partial charge on any atom is -0.467 e. The molecule has 1 aromatic carbocycles. The fourth-order valence-corrected chi connectivity index (χ4v) is 3.45. The summed E-state index contributed by atoms with van der Waals surface area (Å²) in [6, 6.07) is 7.41. The van der Waals surface area contributed by atoms with Gasteiger partial charge in [-0.3, -0.25) is 4.79 Å². The predicted molar refractivity (Wildman–Crippen MR) is 101 cm³/mol. The third kappa shape index (κ3) is 5.58. The van der Waals surface area contributed by atoms with Crippen LogP contribution >= 0.6 is 0 Å². The van der Waals surface area contributed by atoms with Crippen LogP contribution in [0.2, 0.25) is 0 Å². The molecule has 1 aliphatic rings. The highest BCUT2D eigenvalue weighted by Gasteiger charge is 2.33. The van der Waals surface area contributed by atoms with Gasteiger partial charge in [-0.25, -0.2) is 4.98 Å². The second-order valence-electron chi connectivity index (χ2n) is 6.97. The Balaban J connectivity index is 1.48. The minimum atomic E-state index is -4.43. The van der Waals surface area contributed by atoms with Gasteiger partial charge in [-0.1, -0.05) is 18.2 Å². The van der Waals surface area contributed by atoms with E-state index in [1.54, 1.807) is 6.20 Å². The van der Waals surface area contributed by atoms with Gasteiger partial charge in [0.05, 0.1) is 12.7 Å². The van der Waals surface area contributed by atoms with Gasteiger partial charge in [-0.15, -0.1) is 0 Å². The topological polar surface area (TPSA) is 67.3 Å². The number of piperidine rings is 1. The second kappa shape index (κ2) is 9.11. The molecular weight excluding hydrogens is 385 g/mol. The molecule has 6 nitrogen and oxygen atoms in total. The number of ether oxygens (including phenoxy) is 1. The molecule has 1 saturated heterocycles. The Bertz CT molecular complexity index is 836. The first-order valence-corrected chi connectivity index (χ1v) is 9.40. The lowest BCUT2D eigenvalue weighted by atomic mass is 9.93. The van der Waals surface area contributed by atoms with Crippen LogP contribution in [0.5, 0.6) is 6.01 Å². The summed E-state index contributed by atoms with van der Waals surface area (Å²) in [5, 5.41) is 2.63. The number of anilines is 1. The highest BCUT2D eigenvalue weighted by molar-refractivity contribution is 5.76. The molecular formula is C20H23F3N4O2. The van der Waals surface area contributed by atoms with E-state index < -0.39 is 11.7 Å². The fourth-order valence-electron chi connectivity index (χ4n) is 3.45. The maximum absolute atomic E-state index is 13.0. The molecule has 0 atom stereocenters. The van der Waals surface area contributed by atoms with Crippen LogP contribution in [0.15, 0.2) is 36.5 Å². The number of amides is 1. The molecule has 0 bridgehead atoms. The molecule has 29 heavy (non-hydrogen) atoms. The van der Waals surface area contributed by atoms with E-state index in [0.717, 1.165) is 37.8 Å². The number of benzene rings is 1. The lowest BCUT2D eigenvalue weighted by molar-refractivity contribution is -0.138. The number of aromatic nitrogens is 2. The van der Waals surface area contributed by atoms with Crippen molar-refractivity contribution in [2.24, 2.45) is 5.92 Å². The molecule has 1 fully saturated rings. The van der Waals surface area contributed by atoms with Gasteiger partial charge < -0.3 is 15.0 Å². The van der Waals surface area contributed by atoms with E-state index in [0.29, 0.717) is 12.4 Å². The summed E-state index contributed by atoms with van der Waals surface area (Å²) in [5.41, 5.74) is -0.644. The van der Waals surface area contributed by atoms with Crippen LogP contribution in [0, 0.1) is 5.92 Å². The van der Waals surface area contributed by atoms with Crippen LogP contribution in [0.1, 0.15) is 30.4 Å². The molecule has 0 spiro atoms. The molecule has 2 heterocycles. The van der Waals surface area contributed by atoms with Crippen molar-refractivity contribution < 1.29 is 22.7 Å². The van der Waals surface area contributed by atoms with Gasteiger partial charge in [-0.05, 0) is 36.5 Å². The molecule has 156 valence electrons. The molecule has 0 unspecified atom stereocenters. The van der Waals surface area contributed by atoms with E-state index in [-0.39, 0.29) is 23.9 Å². The van der Waals surface area contributed by atoms with Crippen LogP contribution in [-0.4, -0.2) is 36.1 Å². The maximum Gasteiger partial charge on any atom is 0.416 e. The van der Waals surface area contributed by atoms with Crippen LogP contribution in [0.25, 0.3) is 0 Å². The van der Waals surface area contributed by atoms with Gasteiger partial charge in [-0.2, -0.15) is 18.2 Å². The van der Waals surface area contributed by atoms with E-state index in [1.165, 1.54) is 25.3 Å². The highest BCUT2D eigenvalue weighted by atomic mass is 19.4. The zero-order valence-electron chi connectivity index (χ0n) is 16.1. The molecule has 0 radical (unpaired) electrons. The number of hydrogen-bond donors (Lipinski definition) is 1. The summed E-state index contributed by atoms with van der Waals surface area (Å²) < 4.78 is 44.1. The number of hydrogen-bond acceptors (Lipinski definition) is 5. The summed E-state index contributed by atoms with van der Waals surface area (Å²) >= 11 is 0. The van der Waals surface area contributed by atoms with Crippen molar-refractivity contribution in [1.29, 1.82) is 0 Å². The smallest absolute Gasteiger partial charge is 0.416 e. The summed E-state index contributed by atoms with van der Waals surface area (Å²) in [6.45, 7) is 1.36. The first-order valence-electron chi connectivity index (χ1n) is 9.40.